The Labute approximate surface area is 360 Å². The topological polar surface area (TPSA) is 14.2 Å². The van der Waals surface area contributed by atoms with Gasteiger partial charge in [-0.05, 0) is 72.5 Å². The summed E-state index contributed by atoms with van der Waals surface area (Å²) >= 11 is 13.0. The average Bonchev–Trinajstić information content (AvgIpc) is 3.21. The molecule has 6 aromatic carbocycles. The molecule has 2 aromatic heterocycles. The van der Waals surface area contributed by atoms with Crippen molar-refractivity contribution < 1.29 is 43.1 Å². The average molecular weight is 906 g/mol. The van der Waals surface area contributed by atoms with E-state index in [0.29, 0.717) is 0 Å². The predicted octanol–water partition coefficient (Wildman–Crippen LogP) is 5.30. The fourth-order valence-electron chi connectivity index (χ4n) is 7.33. The van der Waals surface area contributed by atoms with Crippen LogP contribution in [0.1, 0.15) is 22.3 Å². The summed E-state index contributed by atoms with van der Waals surface area (Å²) in [6.45, 7) is 1.53. The maximum atomic E-state index is 6.52. The molecule has 0 aliphatic rings. The van der Waals surface area contributed by atoms with Crippen molar-refractivity contribution in [3.8, 4) is 0 Å². The Balaban J connectivity index is 0.00000266. The molecule has 8 rings (SSSR count). The minimum atomic E-state index is 0. The van der Waals surface area contributed by atoms with Crippen molar-refractivity contribution in [3.63, 3.8) is 0 Å². The van der Waals surface area contributed by atoms with Gasteiger partial charge in [-0.1, -0.05) is 108 Å². The predicted molar refractivity (Wildman–Crippen MR) is 226 cm³/mol. The lowest BCUT2D eigenvalue weighted by molar-refractivity contribution is -0.662. The molecule has 0 bridgehead atoms. The summed E-state index contributed by atoms with van der Waals surface area (Å²) in [5.74, 6) is 0. The summed E-state index contributed by atoms with van der Waals surface area (Å²) in [4.78, 5) is 4.45. The van der Waals surface area contributed by atoms with E-state index in [0.717, 1.165) is 80.5 Å². The van der Waals surface area contributed by atoms with Crippen LogP contribution in [0.4, 0.5) is 22.7 Å². The zero-order valence-electron chi connectivity index (χ0n) is 31.3. The first-order valence-corrected chi connectivity index (χ1v) is 19.1. The number of aromatic nitrogens is 2. The van der Waals surface area contributed by atoms with E-state index < -0.39 is 0 Å². The molecular weight excluding hydrogens is 863 g/mol. The van der Waals surface area contributed by atoms with Gasteiger partial charge in [0.2, 0.25) is 11.0 Å². The van der Waals surface area contributed by atoms with Gasteiger partial charge in [0.05, 0.1) is 22.1 Å². The Kier molecular flexibility index (Phi) is 13.5. The van der Waals surface area contributed by atoms with Gasteiger partial charge in [-0.3, -0.25) is 0 Å². The van der Waals surface area contributed by atoms with E-state index in [1.54, 1.807) is 0 Å². The minimum absolute atomic E-state index is 0. The number of fused-ring (bicyclic) bond motifs is 2. The first-order valence-electron chi connectivity index (χ1n) is 18.4. The SMILES string of the molecule is CN(c1ccccc1)c1cc[n+](Cc2ccc(CCc3ccc(C[n+]4ccc(N(C)c5ccccc5)c5ccc(Cl)cc54)cc3)cc2)c2cc(Cl)ccc12.[Br-].[Br-]. The van der Waals surface area contributed by atoms with Gasteiger partial charge < -0.3 is 43.8 Å². The fraction of sp³-hybridized carbons (Fsp3) is 0.125. The van der Waals surface area contributed by atoms with Crippen LogP contribution >= 0.6 is 23.2 Å². The lowest BCUT2D eigenvalue weighted by Crippen LogP contribution is -3.00. The monoisotopic (exact) mass is 902 g/mol. The van der Waals surface area contributed by atoms with Crippen LogP contribution in [0.25, 0.3) is 21.8 Å². The molecule has 0 aliphatic carbocycles. The van der Waals surface area contributed by atoms with Gasteiger partial charge in [0, 0.05) is 70.9 Å². The molecule has 0 atom stereocenters. The van der Waals surface area contributed by atoms with Crippen LogP contribution < -0.4 is 52.9 Å². The highest BCUT2D eigenvalue weighted by Gasteiger charge is 2.19. The molecule has 8 aromatic rings. The quantitative estimate of drug-likeness (QED) is 0.164. The molecule has 0 unspecified atom stereocenters. The summed E-state index contributed by atoms with van der Waals surface area (Å²) in [7, 11) is 4.22. The van der Waals surface area contributed by atoms with Crippen LogP contribution in [0.15, 0.2) is 170 Å². The third kappa shape index (κ3) is 9.11. The highest BCUT2D eigenvalue weighted by Crippen LogP contribution is 2.32. The number of para-hydroxylation sites is 2. The number of anilines is 4. The van der Waals surface area contributed by atoms with Gasteiger partial charge in [0.1, 0.15) is 0 Å². The molecule has 4 nitrogen and oxygen atoms in total. The first-order chi connectivity index (χ1) is 26.4. The van der Waals surface area contributed by atoms with E-state index in [-0.39, 0.29) is 34.0 Å². The van der Waals surface area contributed by atoms with Crippen LogP contribution in [-0.2, 0) is 25.9 Å². The number of benzene rings is 6. The zero-order chi connectivity index (χ0) is 37.0. The zero-order valence-corrected chi connectivity index (χ0v) is 36.0. The Hall–Kier alpha value is -4.72. The third-order valence-electron chi connectivity index (χ3n) is 10.4. The van der Waals surface area contributed by atoms with E-state index in [9.17, 15) is 0 Å². The maximum absolute atomic E-state index is 6.52. The molecule has 0 fully saturated rings. The highest BCUT2D eigenvalue weighted by atomic mass is 79.9. The lowest BCUT2D eigenvalue weighted by atomic mass is 10.0. The molecule has 0 N–H and O–H groups in total. The molecule has 8 heteroatoms. The lowest BCUT2D eigenvalue weighted by Gasteiger charge is -2.20. The second kappa shape index (κ2) is 18.5. The smallest absolute Gasteiger partial charge is 0.216 e. The van der Waals surface area contributed by atoms with Crippen LogP contribution in [0.3, 0.4) is 0 Å². The summed E-state index contributed by atoms with van der Waals surface area (Å²) in [5, 5.41) is 3.80. The van der Waals surface area contributed by atoms with Crippen LogP contribution in [0, 0.1) is 0 Å². The van der Waals surface area contributed by atoms with Crippen LogP contribution in [0.2, 0.25) is 10.0 Å². The molecular formula is C48H42Br2Cl2N4. The summed E-state index contributed by atoms with van der Waals surface area (Å²) in [6, 6.07) is 55.7. The molecule has 56 heavy (non-hydrogen) atoms. The molecule has 0 radical (unpaired) electrons. The van der Waals surface area contributed by atoms with Crippen molar-refractivity contribution in [2.45, 2.75) is 25.9 Å². The first kappa shape index (κ1) is 40.9. The minimum Gasteiger partial charge on any atom is -1.00 e. The Morgan fingerprint density at radius 1 is 0.429 bits per heavy atom. The molecule has 0 amide bonds. The van der Waals surface area contributed by atoms with Crippen LogP contribution in [0.5, 0.6) is 0 Å². The van der Waals surface area contributed by atoms with Crippen molar-refractivity contribution >= 4 is 67.8 Å². The van der Waals surface area contributed by atoms with Crippen molar-refractivity contribution in [1.29, 1.82) is 0 Å². The van der Waals surface area contributed by atoms with Crippen molar-refractivity contribution in [1.82, 2.24) is 0 Å². The Morgan fingerprint density at radius 2 is 0.786 bits per heavy atom. The third-order valence-corrected chi connectivity index (χ3v) is 10.8. The Morgan fingerprint density at radius 3 is 1.16 bits per heavy atom. The number of nitrogens with zero attached hydrogens (tertiary/aromatic N) is 4. The van der Waals surface area contributed by atoms with Crippen molar-refractivity contribution in [3.05, 3.63) is 202 Å². The standard InChI is InChI=1S/C48H42Cl2N4.2BrH/c1-51(41-9-5-3-6-10-41)45-27-29-53(47-31-39(49)23-25-43(45)47)33-37-19-15-35(16-20-37)13-14-36-17-21-38(22-18-36)34-54-30-28-46(44-26-24-40(50)32-48(44)54)52(2)42-11-7-4-8-12-42;;/h3-12,15-32H,13-14,33-34H2,1-2H3;2*1H/q+2;;/p-2. The number of hydrogen-bond donors (Lipinski definition) is 0. The molecule has 282 valence electrons. The summed E-state index contributed by atoms with van der Waals surface area (Å²) in [6.07, 6.45) is 6.31. The normalized spacial score (nSPS) is 10.9. The van der Waals surface area contributed by atoms with E-state index in [1.807, 2.05) is 24.3 Å². The van der Waals surface area contributed by atoms with E-state index in [2.05, 4.69) is 179 Å². The Bertz CT molecular complexity index is 2370. The van der Waals surface area contributed by atoms with Crippen LogP contribution in [-0.4, -0.2) is 14.1 Å². The largest absolute Gasteiger partial charge is 1.00 e. The van der Waals surface area contributed by atoms with Gasteiger partial charge in [-0.15, -0.1) is 0 Å². The second-order valence-electron chi connectivity index (χ2n) is 13.9. The number of pyridine rings is 2. The molecule has 0 spiro atoms. The van der Waals surface area contributed by atoms with Crippen molar-refractivity contribution in [2.75, 3.05) is 23.9 Å². The van der Waals surface area contributed by atoms with Gasteiger partial charge in [0.15, 0.2) is 25.5 Å². The van der Waals surface area contributed by atoms with Gasteiger partial charge >= 0.3 is 0 Å². The van der Waals surface area contributed by atoms with E-state index in [1.165, 1.54) is 22.3 Å². The maximum Gasteiger partial charge on any atom is 0.216 e. The summed E-state index contributed by atoms with van der Waals surface area (Å²) < 4.78 is 4.57. The highest BCUT2D eigenvalue weighted by molar-refractivity contribution is 6.31. The second-order valence-corrected chi connectivity index (χ2v) is 14.8. The number of rotatable bonds is 11. The fourth-order valence-corrected chi connectivity index (χ4v) is 7.66. The van der Waals surface area contributed by atoms with E-state index in [4.69, 9.17) is 23.2 Å². The number of halogens is 4. The molecule has 0 aliphatic heterocycles. The van der Waals surface area contributed by atoms with Gasteiger partial charge in [-0.25, -0.2) is 0 Å². The van der Waals surface area contributed by atoms with Gasteiger partial charge in [-0.2, -0.15) is 9.13 Å². The molecule has 2 heterocycles. The summed E-state index contributed by atoms with van der Waals surface area (Å²) in [5.41, 5.74) is 12.0. The van der Waals surface area contributed by atoms with E-state index >= 15 is 0 Å². The van der Waals surface area contributed by atoms with Gasteiger partial charge in [0.25, 0.3) is 0 Å². The number of aryl methyl sites for hydroxylation is 2. The molecule has 0 saturated heterocycles. The molecule has 0 saturated carbocycles. The number of hydrogen-bond acceptors (Lipinski definition) is 2. The van der Waals surface area contributed by atoms with Crippen molar-refractivity contribution in [2.24, 2.45) is 0 Å².